The van der Waals surface area contributed by atoms with Crippen molar-refractivity contribution in [3.05, 3.63) is 50.4 Å². The van der Waals surface area contributed by atoms with Crippen molar-refractivity contribution in [1.82, 2.24) is 14.5 Å². The molecule has 0 aliphatic carbocycles. The van der Waals surface area contributed by atoms with Crippen LogP contribution in [-0.2, 0) is 13.0 Å². The number of rotatable bonds is 2. The Balaban J connectivity index is 1.37. The number of carbonyl (C=O) groups is 1. The zero-order chi connectivity index (χ0) is 21.1. The largest absolute Gasteiger partial charge is 0.486 e. The van der Waals surface area contributed by atoms with Crippen LogP contribution >= 0.6 is 11.3 Å². The molecule has 3 aliphatic heterocycles. The third kappa shape index (κ3) is 2.88. The number of hydrogen-bond donors (Lipinski definition) is 0. The van der Waals surface area contributed by atoms with Crippen LogP contribution in [0.2, 0.25) is 0 Å². The van der Waals surface area contributed by atoms with E-state index in [9.17, 15) is 9.59 Å². The SMILES string of the molecule is Cc1c(C(=O)N2CCCC2c2ccc3c(c2)OCCO3)sc2nc3n(c(=O)c12)CCC3. The number of carbonyl (C=O) groups excluding carboxylic acids is 1. The molecular weight excluding hydrogens is 414 g/mol. The summed E-state index contributed by atoms with van der Waals surface area (Å²) in [6.07, 6.45) is 3.63. The molecule has 1 fully saturated rings. The lowest BCUT2D eigenvalue weighted by Gasteiger charge is -2.26. The fraction of sp³-hybridized carbons (Fsp3) is 0.435. The van der Waals surface area contributed by atoms with Gasteiger partial charge in [-0.15, -0.1) is 11.3 Å². The first kappa shape index (κ1) is 18.9. The number of fused-ring (bicyclic) bond motifs is 3. The molecule has 31 heavy (non-hydrogen) atoms. The Kier molecular flexibility index (Phi) is 4.31. The Bertz CT molecular complexity index is 1280. The molecule has 0 radical (unpaired) electrons. The lowest BCUT2D eigenvalue weighted by molar-refractivity contribution is 0.0739. The summed E-state index contributed by atoms with van der Waals surface area (Å²) in [7, 11) is 0. The summed E-state index contributed by atoms with van der Waals surface area (Å²) in [6, 6.07) is 5.95. The van der Waals surface area contributed by atoms with E-state index in [1.165, 1.54) is 11.3 Å². The molecule has 1 aromatic carbocycles. The normalized spacial score (nSPS) is 19.8. The summed E-state index contributed by atoms with van der Waals surface area (Å²) >= 11 is 1.36. The summed E-state index contributed by atoms with van der Waals surface area (Å²) in [5.74, 6) is 2.33. The Morgan fingerprint density at radius 2 is 2.00 bits per heavy atom. The van der Waals surface area contributed by atoms with Crippen molar-refractivity contribution < 1.29 is 14.3 Å². The standard InChI is InChI=1S/C23H23N3O4S/c1-13-19-21(24-18-5-3-9-26(18)22(19)27)31-20(13)23(28)25-8-2-4-15(25)14-6-7-16-17(12-14)30-11-10-29-16/h6-7,12,15H,2-5,8-11H2,1H3. The van der Waals surface area contributed by atoms with E-state index in [-0.39, 0.29) is 17.5 Å². The van der Waals surface area contributed by atoms with Crippen LogP contribution < -0.4 is 15.0 Å². The van der Waals surface area contributed by atoms with Crippen LogP contribution in [0.4, 0.5) is 0 Å². The molecule has 8 heteroatoms. The van der Waals surface area contributed by atoms with Gasteiger partial charge in [0.1, 0.15) is 23.9 Å². The third-order valence-electron chi connectivity index (χ3n) is 6.57. The molecule has 6 rings (SSSR count). The molecule has 0 bridgehead atoms. The van der Waals surface area contributed by atoms with E-state index in [0.29, 0.717) is 41.4 Å². The molecule has 160 valence electrons. The predicted molar refractivity (Wildman–Crippen MR) is 117 cm³/mol. The van der Waals surface area contributed by atoms with E-state index in [1.54, 1.807) is 4.57 Å². The fourth-order valence-corrected chi connectivity index (χ4v) is 6.18. The number of ether oxygens (including phenoxy) is 2. The maximum absolute atomic E-state index is 13.6. The first-order valence-corrected chi connectivity index (χ1v) is 11.7. The zero-order valence-electron chi connectivity index (χ0n) is 17.3. The van der Waals surface area contributed by atoms with Crippen LogP contribution in [0.15, 0.2) is 23.0 Å². The van der Waals surface area contributed by atoms with Crippen LogP contribution in [0.1, 0.15) is 51.9 Å². The lowest BCUT2D eigenvalue weighted by Crippen LogP contribution is -2.30. The minimum Gasteiger partial charge on any atom is -0.486 e. The molecule has 3 aliphatic rings. The van der Waals surface area contributed by atoms with Crippen molar-refractivity contribution in [2.75, 3.05) is 19.8 Å². The van der Waals surface area contributed by atoms with Gasteiger partial charge in [-0.25, -0.2) is 4.98 Å². The highest BCUT2D eigenvalue weighted by atomic mass is 32.1. The molecular formula is C23H23N3O4S. The Morgan fingerprint density at radius 3 is 2.87 bits per heavy atom. The van der Waals surface area contributed by atoms with E-state index in [4.69, 9.17) is 14.5 Å². The molecule has 1 atom stereocenters. The van der Waals surface area contributed by atoms with E-state index in [1.807, 2.05) is 30.0 Å². The van der Waals surface area contributed by atoms with Crippen molar-refractivity contribution in [2.45, 2.75) is 45.2 Å². The van der Waals surface area contributed by atoms with Gasteiger partial charge < -0.3 is 14.4 Å². The topological polar surface area (TPSA) is 73.7 Å². The summed E-state index contributed by atoms with van der Waals surface area (Å²) < 4.78 is 13.1. The van der Waals surface area contributed by atoms with Gasteiger partial charge >= 0.3 is 0 Å². The van der Waals surface area contributed by atoms with E-state index >= 15 is 0 Å². The van der Waals surface area contributed by atoms with Crippen molar-refractivity contribution in [3.8, 4) is 11.5 Å². The number of benzene rings is 1. The number of aryl methyl sites for hydroxylation is 2. The van der Waals surface area contributed by atoms with Gasteiger partial charge in [0.25, 0.3) is 11.5 Å². The average molecular weight is 438 g/mol. The van der Waals surface area contributed by atoms with Gasteiger partial charge in [0.2, 0.25) is 0 Å². The second kappa shape index (κ2) is 7.09. The number of likely N-dealkylation sites (tertiary alicyclic amines) is 1. The molecule has 0 saturated carbocycles. The van der Waals surface area contributed by atoms with Crippen molar-refractivity contribution >= 4 is 27.5 Å². The molecule has 7 nitrogen and oxygen atoms in total. The molecule has 1 unspecified atom stereocenters. The quantitative estimate of drug-likeness (QED) is 0.614. The van der Waals surface area contributed by atoms with E-state index < -0.39 is 0 Å². The lowest BCUT2D eigenvalue weighted by atomic mass is 10.0. The highest BCUT2D eigenvalue weighted by Gasteiger charge is 2.34. The van der Waals surface area contributed by atoms with Gasteiger partial charge in [0, 0.05) is 19.5 Å². The number of thiophene rings is 1. The second-order valence-corrected chi connectivity index (χ2v) is 9.38. The van der Waals surface area contributed by atoms with Crippen molar-refractivity contribution in [3.63, 3.8) is 0 Å². The Morgan fingerprint density at radius 1 is 1.16 bits per heavy atom. The molecule has 3 aromatic rings. The van der Waals surface area contributed by atoms with Gasteiger partial charge in [-0.3, -0.25) is 14.2 Å². The zero-order valence-corrected chi connectivity index (χ0v) is 18.2. The summed E-state index contributed by atoms with van der Waals surface area (Å²) in [5, 5.41) is 0.606. The number of nitrogens with zero attached hydrogens (tertiary/aromatic N) is 3. The predicted octanol–water partition coefficient (Wildman–Crippen LogP) is 3.46. The van der Waals surface area contributed by atoms with Gasteiger partial charge in [0.05, 0.1) is 16.3 Å². The van der Waals surface area contributed by atoms with Gasteiger partial charge in [-0.1, -0.05) is 6.07 Å². The third-order valence-corrected chi connectivity index (χ3v) is 7.74. The maximum atomic E-state index is 13.6. The highest BCUT2D eigenvalue weighted by Crippen LogP contribution is 2.40. The van der Waals surface area contributed by atoms with Crippen LogP contribution in [0.3, 0.4) is 0 Å². The van der Waals surface area contributed by atoms with Crippen molar-refractivity contribution in [1.29, 1.82) is 0 Å². The Labute approximate surface area is 183 Å². The first-order valence-electron chi connectivity index (χ1n) is 10.8. The average Bonchev–Trinajstić information content (AvgIpc) is 3.52. The number of amides is 1. The smallest absolute Gasteiger partial charge is 0.264 e. The highest BCUT2D eigenvalue weighted by molar-refractivity contribution is 7.20. The fourth-order valence-electron chi connectivity index (χ4n) is 5.03. The van der Waals surface area contributed by atoms with E-state index in [2.05, 4.69) is 0 Å². The van der Waals surface area contributed by atoms with Crippen LogP contribution in [0, 0.1) is 6.92 Å². The second-order valence-electron chi connectivity index (χ2n) is 8.38. The molecule has 1 saturated heterocycles. The van der Waals surface area contributed by atoms with Crippen molar-refractivity contribution in [2.24, 2.45) is 0 Å². The van der Waals surface area contributed by atoms with Crippen LogP contribution in [0.25, 0.3) is 10.2 Å². The number of hydrogen-bond acceptors (Lipinski definition) is 6. The molecule has 1 amide bonds. The minimum atomic E-state index is -0.0116. The first-order chi connectivity index (χ1) is 15.1. The monoisotopic (exact) mass is 437 g/mol. The van der Waals surface area contributed by atoms with Gasteiger partial charge in [-0.05, 0) is 49.4 Å². The minimum absolute atomic E-state index is 0.00453. The van der Waals surface area contributed by atoms with Gasteiger partial charge in [-0.2, -0.15) is 0 Å². The van der Waals surface area contributed by atoms with Crippen LogP contribution in [0.5, 0.6) is 11.5 Å². The molecule has 2 aromatic heterocycles. The summed E-state index contributed by atoms with van der Waals surface area (Å²) in [6.45, 7) is 4.40. The van der Waals surface area contributed by atoms with Crippen LogP contribution in [-0.4, -0.2) is 40.1 Å². The maximum Gasteiger partial charge on any atom is 0.264 e. The van der Waals surface area contributed by atoms with Gasteiger partial charge in [0.15, 0.2) is 11.5 Å². The molecule has 0 N–H and O–H groups in total. The molecule has 0 spiro atoms. The Hall–Kier alpha value is -2.87. The molecule has 5 heterocycles. The summed E-state index contributed by atoms with van der Waals surface area (Å²) in [5.41, 5.74) is 1.82. The summed E-state index contributed by atoms with van der Waals surface area (Å²) in [4.78, 5) is 34.6. The van der Waals surface area contributed by atoms with E-state index in [0.717, 1.165) is 54.1 Å². The number of aromatic nitrogens is 2.